The van der Waals surface area contributed by atoms with Crippen LogP contribution < -0.4 is 0 Å². The predicted molar refractivity (Wildman–Crippen MR) is 125 cm³/mol. The first-order valence-corrected chi connectivity index (χ1v) is 11.2. The molecule has 3 rings (SSSR count). The lowest BCUT2D eigenvalue weighted by molar-refractivity contribution is -0.153. The third kappa shape index (κ3) is 6.33. The number of hydrogen-bond acceptors (Lipinski definition) is 6. The molecule has 1 saturated heterocycles. The van der Waals surface area contributed by atoms with Crippen molar-refractivity contribution in [2.45, 2.75) is 58.2 Å². The molecule has 7 heteroatoms. The molecule has 33 heavy (non-hydrogen) atoms. The lowest BCUT2D eigenvalue weighted by Gasteiger charge is -2.37. The number of carbonyl (C=O) groups excluding carboxylic acids is 2. The highest BCUT2D eigenvalue weighted by atomic mass is 16.6. The lowest BCUT2D eigenvalue weighted by atomic mass is 10.0. The summed E-state index contributed by atoms with van der Waals surface area (Å²) in [6, 6.07) is 20.0. The van der Waals surface area contributed by atoms with Gasteiger partial charge in [0.1, 0.15) is 5.72 Å². The van der Waals surface area contributed by atoms with E-state index in [0.717, 1.165) is 11.1 Å². The van der Waals surface area contributed by atoms with Crippen LogP contribution in [0, 0.1) is 0 Å². The Labute approximate surface area is 196 Å². The van der Waals surface area contributed by atoms with Gasteiger partial charge in [-0.25, -0.2) is 9.59 Å². The third-order valence-corrected chi connectivity index (χ3v) is 5.73. The van der Waals surface area contributed by atoms with Crippen molar-refractivity contribution in [3.05, 3.63) is 71.8 Å². The Hall–Kier alpha value is -2.90. The van der Waals surface area contributed by atoms with Crippen molar-refractivity contribution >= 4 is 12.1 Å². The third-order valence-electron chi connectivity index (χ3n) is 5.73. The molecule has 0 saturated carbocycles. The molecule has 1 amide bonds. The van der Waals surface area contributed by atoms with Crippen LogP contribution in [0.2, 0.25) is 0 Å². The summed E-state index contributed by atoms with van der Waals surface area (Å²) in [7, 11) is 1.30. The topological polar surface area (TPSA) is 68.3 Å². The van der Waals surface area contributed by atoms with Crippen LogP contribution in [0.4, 0.5) is 4.79 Å². The van der Waals surface area contributed by atoms with Gasteiger partial charge in [-0.15, -0.1) is 0 Å². The van der Waals surface area contributed by atoms with Gasteiger partial charge in [-0.2, -0.15) is 0 Å². The maximum atomic E-state index is 13.2. The van der Waals surface area contributed by atoms with Crippen molar-refractivity contribution < 1.29 is 23.8 Å². The van der Waals surface area contributed by atoms with E-state index in [2.05, 4.69) is 4.90 Å². The monoisotopic (exact) mass is 454 g/mol. The van der Waals surface area contributed by atoms with Crippen molar-refractivity contribution in [3.63, 3.8) is 0 Å². The molecule has 1 fully saturated rings. The maximum absolute atomic E-state index is 13.2. The van der Waals surface area contributed by atoms with Gasteiger partial charge in [0.2, 0.25) is 6.10 Å². The van der Waals surface area contributed by atoms with Gasteiger partial charge in [-0.1, -0.05) is 60.7 Å². The Morgan fingerprint density at radius 3 is 1.91 bits per heavy atom. The van der Waals surface area contributed by atoms with Gasteiger partial charge in [0.25, 0.3) is 0 Å². The Kier molecular flexibility index (Phi) is 7.76. The van der Waals surface area contributed by atoms with Gasteiger partial charge in [0, 0.05) is 19.6 Å². The SMILES string of the molecule is COC(=O)C(CN(Cc1ccccc1)Cc1ccccc1)OC(=O)N1C(C)(C)COC1(C)C. The minimum atomic E-state index is -1.08. The van der Waals surface area contributed by atoms with E-state index in [4.69, 9.17) is 14.2 Å². The zero-order chi connectivity index (χ0) is 24.1. The van der Waals surface area contributed by atoms with Gasteiger partial charge in [-0.3, -0.25) is 9.80 Å². The molecular weight excluding hydrogens is 420 g/mol. The van der Waals surface area contributed by atoms with E-state index in [1.54, 1.807) is 4.90 Å². The average molecular weight is 455 g/mol. The number of methoxy groups -OCH3 is 1. The van der Waals surface area contributed by atoms with Crippen LogP contribution in [0.15, 0.2) is 60.7 Å². The number of carbonyl (C=O) groups is 2. The second-order valence-electron chi connectivity index (χ2n) is 9.42. The van der Waals surface area contributed by atoms with Crippen molar-refractivity contribution in [2.75, 3.05) is 20.3 Å². The fraction of sp³-hybridized carbons (Fsp3) is 0.462. The van der Waals surface area contributed by atoms with E-state index in [9.17, 15) is 9.59 Å². The highest BCUT2D eigenvalue weighted by molar-refractivity contribution is 5.79. The summed E-state index contributed by atoms with van der Waals surface area (Å²) in [5.41, 5.74) is 0.793. The van der Waals surface area contributed by atoms with E-state index in [0.29, 0.717) is 19.7 Å². The predicted octanol–water partition coefficient (Wildman–Crippen LogP) is 4.21. The Morgan fingerprint density at radius 1 is 0.970 bits per heavy atom. The fourth-order valence-electron chi connectivity index (χ4n) is 4.25. The van der Waals surface area contributed by atoms with E-state index < -0.39 is 29.4 Å². The van der Waals surface area contributed by atoms with E-state index in [-0.39, 0.29) is 6.54 Å². The molecule has 178 valence electrons. The summed E-state index contributed by atoms with van der Waals surface area (Å²) in [6.45, 7) is 9.19. The number of hydrogen-bond donors (Lipinski definition) is 0. The highest BCUT2D eigenvalue weighted by Gasteiger charge is 2.50. The molecule has 0 spiro atoms. The largest absolute Gasteiger partial charge is 0.466 e. The van der Waals surface area contributed by atoms with Crippen LogP contribution in [0.5, 0.6) is 0 Å². The quantitative estimate of drug-likeness (QED) is 0.557. The molecule has 0 aliphatic carbocycles. The molecule has 0 N–H and O–H groups in total. The Bertz CT molecular complexity index is 873. The fourth-order valence-corrected chi connectivity index (χ4v) is 4.25. The minimum absolute atomic E-state index is 0.192. The summed E-state index contributed by atoms with van der Waals surface area (Å²) in [6.07, 6.45) is -1.68. The zero-order valence-corrected chi connectivity index (χ0v) is 20.1. The summed E-state index contributed by atoms with van der Waals surface area (Å²) in [5, 5.41) is 0. The maximum Gasteiger partial charge on any atom is 0.413 e. The van der Waals surface area contributed by atoms with Crippen LogP contribution in [0.3, 0.4) is 0 Å². The Morgan fingerprint density at radius 2 is 1.48 bits per heavy atom. The number of nitrogens with zero attached hydrogens (tertiary/aromatic N) is 2. The number of benzene rings is 2. The smallest absolute Gasteiger partial charge is 0.413 e. The molecule has 1 aliphatic rings. The number of esters is 1. The van der Waals surface area contributed by atoms with Gasteiger partial charge in [-0.05, 0) is 38.8 Å². The molecule has 2 aromatic carbocycles. The first kappa shape index (κ1) is 24.7. The van der Waals surface area contributed by atoms with E-state index >= 15 is 0 Å². The van der Waals surface area contributed by atoms with Gasteiger partial charge in [0.05, 0.1) is 19.3 Å². The molecule has 1 heterocycles. The summed E-state index contributed by atoms with van der Waals surface area (Å²) >= 11 is 0. The van der Waals surface area contributed by atoms with E-state index in [1.807, 2.05) is 88.4 Å². The normalized spacial score (nSPS) is 17.6. The van der Waals surface area contributed by atoms with Crippen LogP contribution in [0.1, 0.15) is 38.8 Å². The Balaban J connectivity index is 1.81. The molecule has 0 aromatic heterocycles. The zero-order valence-electron chi connectivity index (χ0n) is 20.1. The van der Waals surface area contributed by atoms with Crippen molar-refractivity contribution in [3.8, 4) is 0 Å². The summed E-state index contributed by atoms with van der Waals surface area (Å²) in [5.74, 6) is -0.592. The summed E-state index contributed by atoms with van der Waals surface area (Å²) < 4.78 is 16.5. The summed E-state index contributed by atoms with van der Waals surface area (Å²) in [4.78, 5) is 29.5. The van der Waals surface area contributed by atoms with Crippen LogP contribution >= 0.6 is 0 Å². The number of rotatable bonds is 8. The van der Waals surface area contributed by atoms with Crippen LogP contribution in [-0.2, 0) is 32.1 Å². The van der Waals surface area contributed by atoms with Crippen molar-refractivity contribution in [2.24, 2.45) is 0 Å². The standard InChI is InChI=1S/C26H34N2O5/c1-25(2)19-32-26(3,4)28(25)24(30)33-22(23(29)31-5)18-27(16-20-12-8-6-9-13-20)17-21-14-10-7-11-15-21/h6-15,22H,16-19H2,1-5H3. The van der Waals surface area contributed by atoms with Gasteiger partial charge >= 0.3 is 12.1 Å². The van der Waals surface area contributed by atoms with Crippen molar-refractivity contribution in [1.29, 1.82) is 0 Å². The molecule has 1 aliphatic heterocycles. The number of ether oxygens (including phenoxy) is 3. The van der Waals surface area contributed by atoms with Gasteiger partial charge < -0.3 is 14.2 Å². The molecule has 1 unspecified atom stereocenters. The number of amides is 1. The van der Waals surface area contributed by atoms with Gasteiger partial charge in [0.15, 0.2) is 0 Å². The second kappa shape index (κ2) is 10.4. The first-order valence-electron chi connectivity index (χ1n) is 11.2. The van der Waals surface area contributed by atoms with Crippen LogP contribution in [-0.4, -0.2) is 59.5 Å². The highest BCUT2D eigenvalue weighted by Crippen LogP contribution is 2.35. The lowest BCUT2D eigenvalue weighted by Crippen LogP contribution is -2.54. The van der Waals surface area contributed by atoms with E-state index in [1.165, 1.54) is 7.11 Å². The van der Waals surface area contributed by atoms with Crippen LogP contribution in [0.25, 0.3) is 0 Å². The molecular formula is C26H34N2O5. The molecule has 2 aromatic rings. The average Bonchev–Trinajstić information content (AvgIpc) is 3.01. The van der Waals surface area contributed by atoms with Crippen molar-refractivity contribution in [1.82, 2.24) is 9.80 Å². The molecule has 1 atom stereocenters. The molecule has 0 bridgehead atoms. The first-order chi connectivity index (χ1) is 15.6. The second-order valence-corrected chi connectivity index (χ2v) is 9.42. The molecule has 0 radical (unpaired) electrons. The minimum Gasteiger partial charge on any atom is -0.466 e. The molecule has 7 nitrogen and oxygen atoms in total.